The maximum Gasteiger partial charge on any atom is 0.126 e. The quantitative estimate of drug-likeness (QED) is 0.698. The van der Waals surface area contributed by atoms with Crippen LogP contribution < -0.4 is 10.1 Å². The lowest BCUT2D eigenvalue weighted by atomic mass is 10.2. The number of anilines is 1. The fourth-order valence-electron chi connectivity index (χ4n) is 2.16. The van der Waals surface area contributed by atoms with Crippen LogP contribution in [0.25, 0.3) is 0 Å². The molecule has 0 spiro atoms. The van der Waals surface area contributed by atoms with Crippen LogP contribution in [0.4, 0.5) is 5.82 Å². The molecule has 0 atom stereocenters. The molecule has 0 saturated carbocycles. The average molecular weight is 325 g/mol. The summed E-state index contributed by atoms with van der Waals surface area (Å²) in [5.41, 5.74) is 2.23. The van der Waals surface area contributed by atoms with Gasteiger partial charge in [-0.1, -0.05) is 41.9 Å². The summed E-state index contributed by atoms with van der Waals surface area (Å²) in [7, 11) is 0. The van der Waals surface area contributed by atoms with Gasteiger partial charge in [0.15, 0.2) is 0 Å². The van der Waals surface area contributed by atoms with E-state index in [0.717, 1.165) is 28.7 Å². The van der Waals surface area contributed by atoms with Crippen LogP contribution in [0.15, 0.2) is 72.9 Å². The maximum absolute atomic E-state index is 5.97. The van der Waals surface area contributed by atoms with E-state index in [1.165, 1.54) is 5.56 Å². The molecule has 0 fully saturated rings. The van der Waals surface area contributed by atoms with Crippen molar-refractivity contribution in [3.05, 3.63) is 89.1 Å². The maximum atomic E-state index is 5.97. The molecule has 23 heavy (non-hydrogen) atoms. The van der Waals surface area contributed by atoms with Gasteiger partial charge < -0.3 is 10.1 Å². The molecule has 116 valence electrons. The van der Waals surface area contributed by atoms with Gasteiger partial charge in [-0.15, -0.1) is 0 Å². The summed E-state index contributed by atoms with van der Waals surface area (Å²) < 4.78 is 5.77. The lowest BCUT2D eigenvalue weighted by Crippen LogP contribution is -2.01. The van der Waals surface area contributed by atoms with Crippen LogP contribution in [-0.4, -0.2) is 4.98 Å². The van der Waals surface area contributed by atoms with Crippen LogP contribution in [0.3, 0.4) is 0 Å². The molecule has 2 aromatic carbocycles. The van der Waals surface area contributed by atoms with E-state index < -0.39 is 0 Å². The zero-order valence-electron chi connectivity index (χ0n) is 12.6. The van der Waals surface area contributed by atoms with E-state index in [1.54, 1.807) is 6.20 Å². The highest BCUT2D eigenvalue weighted by Gasteiger charge is 1.99. The predicted molar refractivity (Wildman–Crippen MR) is 93.8 cm³/mol. The Morgan fingerprint density at radius 3 is 2.52 bits per heavy atom. The summed E-state index contributed by atoms with van der Waals surface area (Å²) in [6, 6.07) is 21.5. The van der Waals surface area contributed by atoms with Gasteiger partial charge >= 0.3 is 0 Å². The first kappa shape index (κ1) is 15.4. The normalized spacial score (nSPS) is 10.3. The van der Waals surface area contributed by atoms with Crippen molar-refractivity contribution >= 4 is 17.4 Å². The van der Waals surface area contributed by atoms with Gasteiger partial charge in [0.2, 0.25) is 0 Å². The molecule has 1 aromatic heterocycles. The number of benzene rings is 2. The van der Waals surface area contributed by atoms with Crippen molar-refractivity contribution in [1.82, 2.24) is 4.98 Å². The first-order valence-corrected chi connectivity index (χ1v) is 7.78. The first-order valence-electron chi connectivity index (χ1n) is 7.41. The van der Waals surface area contributed by atoms with Gasteiger partial charge in [-0.25, -0.2) is 4.98 Å². The molecule has 4 heteroatoms. The summed E-state index contributed by atoms with van der Waals surface area (Å²) in [6.07, 6.45) is 1.77. The minimum Gasteiger partial charge on any atom is -0.489 e. The highest BCUT2D eigenvalue weighted by Crippen LogP contribution is 2.17. The van der Waals surface area contributed by atoms with Crippen LogP contribution in [0.2, 0.25) is 5.02 Å². The molecular weight excluding hydrogens is 308 g/mol. The third-order valence-electron chi connectivity index (χ3n) is 3.36. The second-order valence-corrected chi connectivity index (χ2v) is 5.57. The Morgan fingerprint density at radius 2 is 1.78 bits per heavy atom. The molecule has 0 aliphatic heterocycles. The fourth-order valence-corrected chi connectivity index (χ4v) is 2.37. The average Bonchev–Trinajstić information content (AvgIpc) is 2.60. The van der Waals surface area contributed by atoms with Crippen molar-refractivity contribution in [2.24, 2.45) is 0 Å². The van der Waals surface area contributed by atoms with Crippen molar-refractivity contribution < 1.29 is 4.74 Å². The third-order valence-corrected chi connectivity index (χ3v) is 3.59. The number of halogens is 1. The largest absolute Gasteiger partial charge is 0.489 e. The van der Waals surface area contributed by atoms with E-state index >= 15 is 0 Å². The van der Waals surface area contributed by atoms with Crippen LogP contribution >= 0.6 is 11.6 Å². The summed E-state index contributed by atoms with van der Waals surface area (Å²) in [6.45, 7) is 1.23. The molecule has 1 N–H and O–H groups in total. The molecule has 0 aliphatic rings. The summed E-state index contributed by atoms with van der Waals surface area (Å²) >= 11 is 5.97. The Morgan fingerprint density at radius 1 is 0.913 bits per heavy atom. The second-order valence-electron chi connectivity index (χ2n) is 5.13. The minimum absolute atomic E-state index is 0.506. The van der Waals surface area contributed by atoms with Crippen molar-refractivity contribution in [2.75, 3.05) is 5.32 Å². The Balaban J connectivity index is 1.52. The molecule has 0 amide bonds. The van der Waals surface area contributed by atoms with Gasteiger partial charge in [0.1, 0.15) is 18.2 Å². The smallest absolute Gasteiger partial charge is 0.126 e. The fraction of sp³-hybridized carbons (Fsp3) is 0.105. The highest BCUT2D eigenvalue weighted by molar-refractivity contribution is 6.30. The van der Waals surface area contributed by atoms with E-state index in [4.69, 9.17) is 16.3 Å². The van der Waals surface area contributed by atoms with Gasteiger partial charge in [0.25, 0.3) is 0 Å². The molecule has 0 radical (unpaired) electrons. The standard InChI is InChI=1S/C19H17ClN2O/c20-17-5-3-4-16(12-17)14-23-18-9-7-15(8-10-18)13-22-19-6-1-2-11-21-19/h1-12H,13-14H2,(H,21,22). The van der Waals surface area contributed by atoms with E-state index in [0.29, 0.717) is 6.61 Å². The zero-order chi connectivity index (χ0) is 15.9. The van der Waals surface area contributed by atoms with Crippen LogP contribution in [0.1, 0.15) is 11.1 Å². The van der Waals surface area contributed by atoms with Crippen molar-refractivity contribution in [1.29, 1.82) is 0 Å². The number of aromatic nitrogens is 1. The van der Waals surface area contributed by atoms with Gasteiger partial charge in [-0.2, -0.15) is 0 Å². The van der Waals surface area contributed by atoms with Gasteiger partial charge in [-0.3, -0.25) is 0 Å². The van der Waals surface area contributed by atoms with Crippen LogP contribution in [0.5, 0.6) is 5.75 Å². The molecule has 3 rings (SSSR count). The Kier molecular flexibility index (Phi) is 5.12. The third kappa shape index (κ3) is 4.73. The predicted octanol–water partition coefficient (Wildman–Crippen LogP) is 4.93. The second kappa shape index (κ2) is 7.65. The minimum atomic E-state index is 0.506. The molecule has 0 saturated heterocycles. The molecule has 3 nitrogen and oxygen atoms in total. The lowest BCUT2D eigenvalue weighted by Gasteiger charge is -2.09. The number of nitrogens with one attached hydrogen (secondary N) is 1. The number of hydrogen-bond donors (Lipinski definition) is 1. The van der Waals surface area contributed by atoms with Gasteiger partial charge in [0.05, 0.1) is 0 Å². The summed E-state index contributed by atoms with van der Waals surface area (Å²) in [5, 5.41) is 4.00. The van der Waals surface area contributed by atoms with Crippen molar-refractivity contribution in [2.45, 2.75) is 13.2 Å². The first-order chi connectivity index (χ1) is 11.3. The van der Waals surface area contributed by atoms with E-state index in [1.807, 2.05) is 66.7 Å². The number of pyridine rings is 1. The highest BCUT2D eigenvalue weighted by atomic mass is 35.5. The number of rotatable bonds is 6. The topological polar surface area (TPSA) is 34.1 Å². The molecule has 0 bridgehead atoms. The number of hydrogen-bond acceptors (Lipinski definition) is 3. The van der Waals surface area contributed by atoms with Crippen molar-refractivity contribution in [3.63, 3.8) is 0 Å². The zero-order valence-corrected chi connectivity index (χ0v) is 13.3. The molecule has 0 unspecified atom stereocenters. The monoisotopic (exact) mass is 324 g/mol. The molecule has 0 aliphatic carbocycles. The Bertz CT molecular complexity index is 745. The number of nitrogens with zero attached hydrogens (tertiary/aromatic N) is 1. The molecule has 3 aromatic rings. The van der Waals surface area contributed by atoms with Gasteiger partial charge in [-0.05, 0) is 47.5 Å². The van der Waals surface area contributed by atoms with E-state index in [-0.39, 0.29) is 0 Å². The number of ether oxygens (including phenoxy) is 1. The summed E-state index contributed by atoms with van der Waals surface area (Å²) in [5.74, 6) is 1.71. The summed E-state index contributed by atoms with van der Waals surface area (Å²) in [4.78, 5) is 4.23. The van der Waals surface area contributed by atoms with Gasteiger partial charge in [0, 0.05) is 17.8 Å². The molecular formula is C19H17ClN2O. The lowest BCUT2D eigenvalue weighted by molar-refractivity contribution is 0.306. The van der Waals surface area contributed by atoms with E-state index in [2.05, 4.69) is 10.3 Å². The Labute approximate surface area is 140 Å². The SMILES string of the molecule is Clc1cccc(COc2ccc(CNc3ccccn3)cc2)c1. The van der Waals surface area contributed by atoms with E-state index in [9.17, 15) is 0 Å². The van der Waals surface area contributed by atoms with Crippen LogP contribution in [0, 0.1) is 0 Å². The molecule has 1 heterocycles. The van der Waals surface area contributed by atoms with Crippen molar-refractivity contribution in [3.8, 4) is 5.75 Å². The Hall–Kier alpha value is -2.52. The van der Waals surface area contributed by atoms with Crippen LogP contribution in [-0.2, 0) is 13.2 Å².